The lowest BCUT2D eigenvalue weighted by atomic mass is 10.0. The highest BCUT2D eigenvalue weighted by molar-refractivity contribution is 5.55. The van der Waals surface area contributed by atoms with Crippen LogP contribution in [-0.2, 0) is 0 Å². The zero-order chi connectivity index (χ0) is 11.4. The summed E-state index contributed by atoms with van der Waals surface area (Å²) in [6.07, 6.45) is 6.60. The number of hydrogen-bond donors (Lipinski definition) is 1. The molecule has 1 atom stereocenters. The van der Waals surface area contributed by atoms with Gasteiger partial charge in [0.15, 0.2) is 0 Å². The highest BCUT2D eigenvalue weighted by Crippen LogP contribution is 2.27. The third kappa shape index (κ3) is 2.27. The summed E-state index contributed by atoms with van der Waals surface area (Å²) in [6.45, 7) is 4.24. The number of benzene rings is 1. The average Bonchev–Trinajstić information content (AvgIpc) is 2.39. The van der Waals surface area contributed by atoms with Crippen molar-refractivity contribution in [1.29, 1.82) is 0 Å². The standard InChI is InChI=1S/C14H20N2/c1-2-13(15)12-8-4-5-9-14(12)16-10-6-3-7-11-16/h3-6,8-9,13H,2,7,10-11,15H2,1H3. The molecule has 1 aliphatic heterocycles. The van der Waals surface area contributed by atoms with Crippen molar-refractivity contribution in [3.63, 3.8) is 0 Å². The van der Waals surface area contributed by atoms with Crippen molar-refractivity contribution in [2.45, 2.75) is 25.8 Å². The topological polar surface area (TPSA) is 29.3 Å². The molecule has 2 N–H and O–H groups in total. The molecule has 1 heterocycles. The molecule has 1 unspecified atom stereocenters. The highest BCUT2D eigenvalue weighted by atomic mass is 15.1. The molecule has 16 heavy (non-hydrogen) atoms. The van der Waals surface area contributed by atoms with Gasteiger partial charge in [-0.3, -0.25) is 0 Å². The number of hydrogen-bond acceptors (Lipinski definition) is 2. The maximum Gasteiger partial charge on any atom is 0.0417 e. The molecule has 0 saturated carbocycles. The number of anilines is 1. The lowest BCUT2D eigenvalue weighted by Gasteiger charge is -2.29. The van der Waals surface area contributed by atoms with Gasteiger partial charge in [0.1, 0.15) is 0 Å². The molecule has 1 aromatic carbocycles. The fourth-order valence-corrected chi connectivity index (χ4v) is 2.17. The van der Waals surface area contributed by atoms with Gasteiger partial charge < -0.3 is 10.6 Å². The molecule has 0 amide bonds. The van der Waals surface area contributed by atoms with Crippen molar-refractivity contribution in [3.8, 4) is 0 Å². The predicted octanol–water partition coefficient (Wildman–Crippen LogP) is 2.86. The molecule has 0 aromatic heterocycles. The third-order valence-corrected chi connectivity index (χ3v) is 3.17. The van der Waals surface area contributed by atoms with Crippen molar-refractivity contribution in [2.75, 3.05) is 18.0 Å². The predicted molar refractivity (Wildman–Crippen MR) is 69.6 cm³/mol. The van der Waals surface area contributed by atoms with Crippen molar-refractivity contribution in [3.05, 3.63) is 42.0 Å². The molecule has 0 saturated heterocycles. The van der Waals surface area contributed by atoms with E-state index in [-0.39, 0.29) is 6.04 Å². The quantitative estimate of drug-likeness (QED) is 0.787. The van der Waals surface area contributed by atoms with E-state index in [0.717, 1.165) is 25.9 Å². The van der Waals surface area contributed by atoms with Crippen LogP contribution in [0.25, 0.3) is 0 Å². The minimum atomic E-state index is 0.155. The van der Waals surface area contributed by atoms with Gasteiger partial charge >= 0.3 is 0 Å². The Kier molecular flexibility index (Phi) is 3.62. The summed E-state index contributed by atoms with van der Waals surface area (Å²) < 4.78 is 0. The van der Waals surface area contributed by atoms with E-state index in [9.17, 15) is 0 Å². The second-order valence-electron chi connectivity index (χ2n) is 4.28. The summed E-state index contributed by atoms with van der Waals surface area (Å²) in [4.78, 5) is 2.41. The highest BCUT2D eigenvalue weighted by Gasteiger charge is 2.14. The first kappa shape index (κ1) is 11.2. The Hall–Kier alpha value is -1.28. The summed E-state index contributed by atoms with van der Waals surface area (Å²) >= 11 is 0. The Bertz CT molecular complexity index is 371. The van der Waals surface area contributed by atoms with Gasteiger partial charge in [-0.15, -0.1) is 0 Å². The monoisotopic (exact) mass is 216 g/mol. The third-order valence-electron chi connectivity index (χ3n) is 3.17. The molecule has 0 aliphatic carbocycles. The Morgan fingerprint density at radius 2 is 2.12 bits per heavy atom. The molecule has 0 radical (unpaired) electrons. The van der Waals surface area contributed by atoms with E-state index in [1.807, 2.05) is 0 Å². The molecule has 0 fully saturated rings. The SMILES string of the molecule is CCC(N)c1ccccc1N1CC=CCC1. The number of rotatable bonds is 3. The van der Waals surface area contributed by atoms with Crippen LogP contribution in [0.1, 0.15) is 31.4 Å². The fourth-order valence-electron chi connectivity index (χ4n) is 2.17. The van der Waals surface area contributed by atoms with Gasteiger partial charge in [-0.1, -0.05) is 37.3 Å². The minimum absolute atomic E-state index is 0.155. The Balaban J connectivity index is 2.28. The summed E-state index contributed by atoms with van der Waals surface area (Å²) in [5, 5.41) is 0. The van der Waals surface area contributed by atoms with Crippen LogP contribution in [0.15, 0.2) is 36.4 Å². The van der Waals surface area contributed by atoms with E-state index in [1.165, 1.54) is 11.3 Å². The summed E-state index contributed by atoms with van der Waals surface area (Å²) in [5.74, 6) is 0. The average molecular weight is 216 g/mol. The zero-order valence-electron chi connectivity index (χ0n) is 9.89. The largest absolute Gasteiger partial charge is 0.367 e. The molecule has 2 heteroatoms. The van der Waals surface area contributed by atoms with Crippen LogP contribution in [0.3, 0.4) is 0 Å². The van der Waals surface area contributed by atoms with Gasteiger partial charge in [0, 0.05) is 24.8 Å². The second-order valence-corrected chi connectivity index (χ2v) is 4.28. The molecule has 2 rings (SSSR count). The van der Waals surface area contributed by atoms with Crippen LogP contribution in [0, 0.1) is 0 Å². The maximum absolute atomic E-state index is 6.16. The van der Waals surface area contributed by atoms with Crippen LogP contribution < -0.4 is 10.6 Å². The first-order chi connectivity index (χ1) is 7.83. The maximum atomic E-state index is 6.16. The first-order valence-electron chi connectivity index (χ1n) is 6.07. The molecule has 1 aliphatic rings. The zero-order valence-corrected chi connectivity index (χ0v) is 9.89. The van der Waals surface area contributed by atoms with Gasteiger partial charge in [0.2, 0.25) is 0 Å². The lowest BCUT2D eigenvalue weighted by molar-refractivity contribution is 0.690. The van der Waals surface area contributed by atoms with E-state index in [0.29, 0.717) is 0 Å². The minimum Gasteiger partial charge on any atom is -0.367 e. The second kappa shape index (κ2) is 5.17. The van der Waals surface area contributed by atoms with Crippen LogP contribution in [0.2, 0.25) is 0 Å². The Morgan fingerprint density at radius 3 is 2.81 bits per heavy atom. The molecule has 1 aromatic rings. The molecular weight excluding hydrogens is 196 g/mol. The Labute approximate surface area is 97.8 Å². The van der Waals surface area contributed by atoms with Gasteiger partial charge in [0.25, 0.3) is 0 Å². The van der Waals surface area contributed by atoms with E-state index in [1.54, 1.807) is 0 Å². The molecular formula is C14H20N2. The molecule has 86 valence electrons. The van der Waals surface area contributed by atoms with Crippen LogP contribution >= 0.6 is 0 Å². The van der Waals surface area contributed by atoms with Crippen LogP contribution in [0.5, 0.6) is 0 Å². The van der Waals surface area contributed by atoms with E-state index < -0.39 is 0 Å². The van der Waals surface area contributed by atoms with Crippen molar-refractivity contribution < 1.29 is 0 Å². The van der Waals surface area contributed by atoms with Gasteiger partial charge in [0.05, 0.1) is 0 Å². The van der Waals surface area contributed by atoms with Gasteiger partial charge in [-0.25, -0.2) is 0 Å². The van der Waals surface area contributed by atoms with E-state index >= 15 is 0 Å². The van der Waals surface area contributed by atoms with E-state index in [4.69, 9.17) is 5.73 Å². The Morgan fingerprint density at radius 1 is 1.31 bits per heavy atom. The molecule has 0 bridgehead atoms. The van der Waals surface area contributed by atoms with Crippen LogP contribution in [-0.4, -0.2) is 13.1 Å². The summed E-state index contributed by atoms with van der Waals surface area (Å²) in [7, 11) is 0. The molecule has 2 nitrogen and oxygen atoms in total. The number of nitrogens with two attached hydrogens (primary N) is 1. The van der Waals surface area contributed by atoms with Crippen LogP contribution in [0.4, 0.5) is 5.69 Å². The van der Waals surface area contributed by atoms with Crippen molar-refractivity contribution in [1.82, 2.24) is 0 Å². The van der Waals surface area contributed by atoms with Crippen molar-refractivity contribution in [2.24, 2.45) is 5.73 Å². The number of para-hydroxylation sites is 1. The summed E-state index contributed by atoms with van der Waals surface area (Å²) in [5.41, 5.74) is 8.74. The lowest BCUT2D eigenvalue weighted by Crippen LogP contribution is -2.28. The van der Waals surface area contributed by atoms with Crippen molar-refractivity contribution >= 4 is 5.69 Å². The van der Waals surface area contributed by atoms with E-state index in [2.05, 4.69) is 48.2 Å². The fraction of sp³-hybridized carbons (Fsp3) is 0.429. The first-order valence-corrected chi connectivity index (χ1v) is 6.07. The van der Waals surface area contributed by atoms with Gasteiger partial charge in [-0.2, -0.15) is 0 Å². The summed E-state index contributed by atoms with van der Waals surface area (Å²) in [6, 6.07) is 8.67. The number of nitrogens with zero attached hydrogens (tertiary/aromatic N) is 1. The molecule has 0 spiro atoms. The van der Waals surface area contributed by atoms with Gasteiger partial charge in [-0.05, 0) is 24.5 Å². The normalized spacial score (nSPS) is 17.5. The smallest absolute Gasteiger partial charge is 0.0417 e.